The zero-order chi connectivity index (χ0) is 18.5. The molecule has 0 aliphatic heterocycles. The number of amides is 1. The van der Waals surface area contributed by atoms with Gasteiger partial charge in [0.25, 0.3) is 11.6 Å². The summed E-state index contributed by atoms with van der Waals surface area (Å²) in [5, 5.41) is 22.2. The number of halogens is 1. The number of ether oxygens (including phenoxy) is 1. The van der Waals surface area contributed by atoms with Crippen molar-refractivity contribution in [3.8, 4) is 5.75 Å². The Morgan fingerprint density at radius 2 is 1.92 bits per heavy atom. The zero-order valence-corrected chi connectivity index (χ0v) is 16.1. The molecule has 0 saturated carbocycles. The number of hydrogen-bond acceptors (Lipinski definition) is 7. The Kier molecular flexibility index (Phi) is 5.73. The van der Waals surface area contributed by atoms with Crippen LogP contribution in [0.15, 0.2) is 48.5 Å². The number of hydrogen-bond donors (Lipinski definition) is 1. The zero-order valence-electron chi connectivity index (χ0n) is 13.1. The van der Waals surface area contributed by atoms with Crippen molar-refractivity contribution in [2.45, 2.75) is 6.61 Å². The quantitative estimate of drug-likeness (QED) is 0.325. The Balaban J connectivity index is 1.58. The van der Waals surface area contributed by atoms with Crippen LogP contribution in [-0.4, -0.2) is 21.0 Å². The van der Waals surface area contributed by atoms with Crippen LogP contribution >= 0.6 is 33.9 Å². The summed E-state index contributed by atoms with van der Waals surface area (Å²) < 4.78 is 6.36. The first-order valence-corrected chi connectivity index (χ1v) is 9.18. The monoisotopic (exact) mass is 482 g/mol. The number of carbonyl (C=O) groups is 1. The van der Waals surface area contributed by atoms with Crippen molar-refractivity contribution >= 4 is 50.7 Å². The molecule has 8 nitrogen and oxygen atoms in total. The molecule has 0 aliphatic rings. The Bertz CT molecular complexity index is 945. The van der Waals surface area contributed by atoms with Crippen LogP contribution < -0.4 is 10.1 Å². The van der Waals surface area contributed by atoms with E-state index in [1.807, 2.05) is 12.1 Å². The van der Waals surface area contributed by atoms with Crippen molar-refractivity contribution in [1.29, 1.82) is 0 Å². The van der Waals surface area contributed by atoms with Gasteiger partial charge in [-0.05, 0) is 46.9 Å². The highest BCUT2D eigenvalue weighted by atomic mass is 127. The number of anilines is 1. The number of nitro groups is 1. The number of rotatable bonds is 6. The topological polar surface area (TPSA) is 107 Å². The van der Waals surface area contributed by atoms with Crippen molar-refractivity contribution in [3.05, 3.63) is 72.8 Å². The van der Waals surface area contributed by atoms with Gasteiger partial charge in [0.15, 0.2) is 5.01 Å². The van der Waals surface area contributed by atoms with E-state index >= 15 is 0 Å². The average Bonchev–Trinajstić information content (AvgIpc) is 3.08. The molecule has 3 rings (SSSR count). The van der Waals surface area contributed by atoms with Crippen LogP contribution in [0.25, 0.3) is 0 Å². The molecule has 1 aromatic heterocycles. The Hall–Kier alpha value is -2.60. The Labute approximate surface area is 165 Å². The van der Waals surface area contributed by atoms with Gasteiger partial charge in [-0.3, -0.25) is 20.2 Å². The fraction of sp³-hybridized carbons (Fsp3) is 0.0625. The molecule has 0 spiro atoms. The standard InChI is InChI=1S/C16H11IN4O4S/c17-13-4-2-1-3-12(13)15(22)18-16-20-19-14(26-16)9-25-11-7-5-10(6-8-11)21(23)24/h1-8H,9H2,(H,18,20,22). The lowest BCUT2D eigenvalue weighted by Crippen LogP contribution is -2.13. The molecule has 0 bridgehead atoms. The lowest BCUT2D eigenvalue weighted by molar-refractivity contribution is -0.384. The van der Waals surface area contributed by atoms with Gasteiger partial charge in [-0.15, -0.1) is 10.2 Å². The van der Waals surface area contributed by atoms with Gasteiger partial charge in [-0.25, -0.2) is 0 Å². The van der Waals surface area contributed by atoms with Crippen LogP contribution in [0, 0.1) is 13.7 Å². The molecule has 0 radical (unpaired) electrons. The van der Waals surface area contributed by atoms with Crippen molar-refractivity contribution in [3.63, 3.8) is 0 Å². The molecular formula is C16H11IN4O4S. The van der Waals surface area contributed by atoms with Crippen LogP contribution in [0.4, 0.5) is 10.8 Å². The van der Waals surface area contributed by atoms with E-state index in [1.165, 1.54) is 35.6 Å². The summed E-state index contributed by atoms with van der Waals surface area (Å²) in [5.41, 5.74) is 0.556. The predicted molar refractivity (Wildman–Crippen MR) is 104 cm³/mol. The summed E-state index contributed by atoms with van der Waals surface area (Å²) in [5.74, 6) is 0.226. The van der Waals surface area contributed by atoms with Gasteiger partial charge in [0, 0.05) is 15.7 Å². The van der Waals surface area contributed by atoms with Crippen molar-refractivity contribution in [2.75, 3.05) is 5.32 Å². The van der Waals surface area contributed by atoms with E-state index in [4.69, 9.17) is 4.74 Å². The first-order valence-electron chi connectivity index (χ1n) is 7.28. The smallest absolute Gasteiger partial charge is 0.269 e. The maximum Gasteiger partial charge on any atom is 0.269 e. The molecule has 3 aromatic rings. The minimum absolute atomic E-state index is 0.00573. The van der Waals surface area contributed by atoms with Crippen molar-refractivity contribution in [1.82, 2.24) is 10.2 Å². The second-order valence-electron chi connectivity index (χ2n) is 4.97. The number of non-ortho nitro benzene ring substituents is 1. The molecule has 0 saturated heterocycles. The minimum atomic E-state index is -0.475. The third-order valence-electron chi connectivity index (χ3n) is 3.22. The van der Waals surface area contributed by atoms with Crippen LogP contribution in [0.5, 0.6) is 5.75 Å². The lowest BCUT2D eigenvalue weighted by Gasteiger charge is -2.03. The molecule has 1 heterocycles. The first kappa shape index (κ1) is 18.2. The van der Waals surface area contributed by atoms with E-state index in [-0.39, 0.29) is 18.2 Å². The molecule has 1 amide bonds. The van der Waals surface area contributed by atoms with Crippen LogP contribution in [0.3, 0.4) is 0 Å². The van der Waals surface area contributed by atoms with E-state index in [1.54, 1.807) is 12.1 Å². The number of benzene rings is 2. The summed E-state index contributed by atoms with van der Waals surface area (Å²) in [6, 6.07) is 13.0. The summed E-state index contributed by atoms with van der Waals surface area (Å²) in [6.45, 7) is 0.147. The highest BCUT2D eigenvalue weighted by Crippen LogP contribution is 2.21. The van der Waals surface area contributed by atoms with Gasteiger partial charge in [-0.2, -0.15) is 0 Å². The second-order valence-corrected chi connectivity index (χ2v) is 7.20. The van der Waals surface area contributed by atoms with Crippen LogP contribution in [-0.2, 0) is 6.61 Å². The van der Waals surface area contributed by atoms with Gasteiger partial charge in [0.2, 0.25) is 5.13 Å². The molecule has 2 aromatic carbocycles. The van der Waals surface area contributed by atoms with Crippen molar-refractivity contribution in [2.24, 2.45) is 0 Å². The van der Waals surface area contributed by atoms with Gasteiger partial charge in [-0.1, -0.05) is 23.5 Å². The third-order valence-corrected chi connectivity index (χ3v) is 4.97. The molecular weight excluding hydrogens is 471 g/mol. The van der Waals surface area contributed by atoms with E-state index < -0.39 is 4.92 Å². The summed E-state index contributed by atoms with van der Waals surface area (Å²) in [7, 11) is 0. The second kappa shape index (κ2) is 8.19. The van der Waals surface area contributed by atoms with Crippen molar-refractivity contribution < 1.29 is 14.5 Å². The van der Waals surface area contributed by atoms with E-state index in [0.29, 0.717) is 21.5 Å². The van der Waals surface area contributed by atoms with Crippen LogP contribution in [0.2, 0.25) is 0 Å². The average molecular weight is 482 g/mol. The molecule has 0 fully saturated rings. The third kappa shape index (κ3) is 4.52. The maximum atomic E-state index is 12.2. The number of carbonyl (C=O) groups excluding carboxylic acids is 1. The highest BCUT2D eigenvalue weighted by Gasteiger charge is 2.13. The minimum Gasteiger partial charge on any atom is -0.486 e. The SMILES string of the molecule is O=C(Nc1nnc(COc2ccc([N+](=O)[O-])cc2)s1)c1ccccc1I. The number of nitro benzene ring substituents is 1. The molecule has 0 atom stereocenters. The molecule has 132 valence electrons. The molecule has 10 heteroatoms. The van der Waals surface area contributed by atoms with Gasteiger partial charge in [0.05, 0.1) is 10.5 Å². The summed E-state index contributed by atoms with van der Waals surface area (Å²) in [4.78, 5) is 22.4. The lowest BCUT2D eigenvalue weighted by atomic mass is 10.2. The molecule has 0 aliphatic carbocycles. The maximum absolute atomic E-state index is 12.2. The predicted octanol–water partition coefficient (Wildman–Crippen LogP) is 3.88. The largest absolute Gasteiger partial charge is 0.486 e. The van der Waals surface area contributed by atoms with Gasteiger partial charge in [0.1, 0.15) is 12.4 Å². The van der Waals surface area contributed by atoms with Gasteiger partial charge < -0.3 is 4.74 Å². The Morgan fingerprint density at radius 3 is 2.62 bits per heavy atom. The van der Waals surface area contributed by atoms with E-state index in [9.17, 15) is 14.9 Å². The van der Waals surface area contributed by atoms with Gasteiger partial charge >= 0.3 is 0 Å². The summed E-state index contributed by atoms with van der Waals surface area (Å²) >= 11 is 3.29. The van der Waals surface area contributed by atoms with E-state index in [0.717, 1.165) is 3.57 Å². The molecule has 1 N–H and O–H groups in total. The fourth-order valence-corrected chi connectivity index (χ4v) is 3.26. The summed E-state index contributed by atoms with van der Waals surface area (Å²) in [6.07, 6.45) is 0. The first-order chi connectivity index (χ1) is 12.5. The molecule has 0 unspecified atom stereocenters. The normalized spacial score (nSPS) is 10.3. The Morgan fingerprint density at radius 1 is 1.19 bits per heavy atom. The number of nitrogens with one attached hydrogen (secondary N) is 1. The van der Waals surface area contributed by atoms with Crippen LogP contribution in [0.1, 0.15) is 15.4 Å². The number of nitrogens with zero attached hydrogens (tertiary/aromatic N) is 3. The fourth-order valence-electron chi connectivity index (χ4n) is 1.98. The molecule has 26 heavy (non-hydrogen) atoms. The number of aromatic nitrogens is 2. The van der Waals surface area contributed by atoms with E-state index in [2.05, 4.69) is 38.1 Å². The highest BCUT2D eigenvalue weighted by molar-refractivity contribution is 14.1.